The van der Waals surface area contributed by atoms with Gasteiger partial charge in [-0.3, -0.25) is 33.7 Å². The predicted octanol–water partition coefficient (Wildman–Crippen LogP) is -4.23. The van der Waals surface area contributed by atoms with Crippen LogP contribution < -0.4 is 16.4 Å². The summed E-state index contributed by atoms with van der Waals surface area (Å²) in [6.07, 6.45) is 2.14. The number of nitrogens with one attached hydrogen (secondary N) is 2. The second kappa shape index (κ2) is 9.60. The molecule has 4 N–H and O–H groups in total. The summed E-state index contributed by atoms with van der Waals surface area (Å²) < 4.78 is 0. The third-order valence-corrected chi connectivity index (χ3v) is 4.25. The highest BCUT2D eigenvalue weighted by atomic mass is 16.2. The first kappa shape index (κ1) is 21.0. The fourth-order valence-electron chi connectivity index (χ4n) is 2.64. The van der Waals surface area contributed by atoms with Gasteiger partial charge in [0.05, 0.1) is 19.6 Å². The number of nitrogens with zero attached hydrogens (tertiary/aromatic N) is 3. The molecule has 0 aromatic carbocycles. The Bertz CT molecular complexity index is 694. The lowest BCUT2D eigenvalue weighted by Gasteiger charge is -2.34. The van der Waals surface area contributed by atoms with E-state index in [1.165, 1.54) is 9.80 Å². The zero-order valence-corrected chi connectivity index (χ0v) is 15.2. The van der Waals surface area contributed by atoms with Crippen LogP contribution in [0, 0.1) is 0 Å². The lowest BCUT2D eigenvalue weighted by molar-refractivity contribution is -0.142. The molecule has 6 amide bonds. The summed E-state index contributed by atoms with van der Waals surface area (Å²) in [6, 6.07) is 0. The van der Waals surface area contributed by atoms with Gasteiger partial charge in [0.1, 0.15) is 6.54 Å². The number of amides is 6. The molecule has 152 valence electrons. The smallest absolute Gasteiger partial charge is 0.254 e. The van der Waals surface area contributed by atoms with Crippen LogP contribution in [0.2, 0.25) is 0 Å². The van der Waals surface area contributed by atoms with E-state index in [-0.39, 0.29) is 44.5 Å². The van der Waals surface area contributed by atoms with E-state index >= 15 is 0 Å². The van der Waals surface area contributed by atoms with Gasteiger partial charge in [-0.2, -0.15) is 0 Å². The number of carbonyl (C=O) groups excluding carboxylic acids is 6. The van der Waals surface area contributed by atoms with Crippen molar-refractivity contribution >= 4 is 35.4 Å². The summed E-state index contributed by atoms with van der Waals surface area (Å²) >= 11 is 0. The van der Waals surface area contributed by atoms with Crippen LogP contribution in [0.4, 0.5) is 0 Å². The van der Waals surface area contributed by atoms with Crippen LogP contribution in [0.5, 0.6) is 0 Å². The molecule has 1 saturated heterocycles. The van der Waals surface area contributed by atoms with Crippen LogP contribution in [0.3, 0.4) is 0 Å². The molecule has 0 radical (unpaired) electrons. The average molecular weight is 394 g/mol. The van der Waals surface area contributed by atoms with Crippen molar-refractivity contribution in [2.75, 3.05) is 52.4 Å². The molecular weight excluding hydrogens is 372 g/mol. The minimum absolute atomic E-state index is 0.150. The molecule has 2 heterocycles. The molecule has 0 aliphatic carbocycles. The number of rotatable bonds is 7. The minimum Gasteiger partial charge on any atom is -0.346 e. The molecule has 0 bridgehead atoms. The largest absolute Gasteiger partial charge is 0.346 e. The molecule has 0 aromatic heterocycles. The lowest BCUT2D eigenvalue weighted by atomic mass is 10.3. The van der Waals surface area contributed by atoms with Gasteiger partial charge in [0.25, 0.3) is 11.8 Å². The van der Waals surface area contributed by atoms with Crippen LogP contribution in [-0.4, -0.2) is 103 Å². The summed E-state index contributed by atoms with van der Waals surface area (Å²) in [5.74, 6) is -2.80. The molecule has 0 spiro atoms. The minimum atomic E-state index is -0.622. The topological polar surface area (TPSA) is 162 Å². The van der Waals surface area contributed by atoms with Gasteiger partial charge in [-0.25, -0.2) is 0 Å². The summed E-state index contributed by atoms with van der Waals surface area (Å²) in [6.45, 7) is 0.119. The molecular formula is C16H22N6O6. The molecule has 1 fully saturated rings. The van der Waals surface area contributed by atoms with Crippen molar-refractivity contribution in [3.05, 3.63) is 12.2 Å². The first-order valence-corrected chi connectivity index (χ1v) is 8.64. The van der Waals surface area contributed by atoms with Gasteiger partial charge in [-0.1, -0.05) is 0 Å². The van der Waals surface area contributed by atoms with Crippen LogP contribution in [0.15, 0.2) is 12.2 Å². The zero-order chi connectivity index (χ0) is 20.7. The number of nitrogens with two attached hydrogens (primary N) is 1. The van der Waals surface area contributed by atoms with Crippen molar-refractivity contribution in [3.8, 4) is 0 Å². The van der Waals surface area contributed by atoms with Crippen LogP contribution in [-0.2, 0) is 28.8 Å². The molecule has 0 atom stereocenters. The Hall–Kier alpha value is -3.28. The first-order chi connectivity index (χ1) is 13.3. The Kier molecular flexibility index (Phi) is 7.21. The molecule has 2 rings (SSSR count). The Morgan fingerprint density at radius 2 is 1.25 bits per heavy atom. The molecule has 0 aromatic rings. The fraction of sp³-hybridized carbons (Fsp3) is 0.500. The highest BCUT2D eigenvalue weighted by molar-refractivity contribution is 6.14. The van der Waals surface area contributed by atoms with E-state index in [2.05, 4.69) is 10.6 Å². The molecule has 28 heavy (non-hydrogen) atoms. The monoisotopic (exact) mass is 394 g/mol. The summed E-state index contributed by atoms with van der Waals surface area (Å²) in [4.78, 5) is 73.6. The predicted molar refractivity (Wildman–Crippen MR) is 94.1 cm³/mol. The van der Waals surface area contributed by atoms with E-state index in [0.717, 1.165) is 17.1 Å². The van der Waals surface area contributed by atoms with Gasteiger partial charge in [0, 0.05) is 38.3 Å². The van der Waals surface area contributed by atoms with E-state index < -0.39 is 30.2 Å². The lowest BCUT2D eigenvalue weighted by Crippen LogP contribution is -2.54. The Morgan fingerprint density at radius 3 is 1.68 bits per heavy atom. The molecule has 2 aliphatic heterocycles. The van der Waals surface area contributed by atoms with Crippen LogP contribution in [0.25, 0.3) is 0 Å². The standard InChI is InChI=1S/C16H22N6O6/c17-7-11(23)18-8-15(27)20-3-5-21(6-4-20)16(28)9-19-12(24)10-22-13(25)1-2-14(22)26/h1-2H,3-10,17H2,(H,18,23)(H,19,24). The van der Waals surface area contributed by atoms with E-state index in [9.17, 15) is 28.8 Å². The van der Waals surface area contributed by atoms with Crippen LogP contribution >= 0.6 is 0 Å². The van der Waals surface area contributed by atoms with Crippen molar-refractivity contribution in [2.45, 2.75) is 0 Å². The summed E-state index contributed by atoms with van der Waals surface area (Å²) in [5, 5.41) is 4.77. The van der Waals surface area contributed by atoms with Crippen molar-refractivity contribution in [2.24, 2.45) is 5.73 Å². The average Bonchev–Trinajstić information content (AvgIpc) is 3.01. The normalized spacial score (nSPS) is 16.4. The van der Waals surface area contributed by atoms with Crippen molar-refractivity contribution in [1.82, 2.24) is 25.3 Å². The van der Waals surface area contributed by atoms with Gasteiger partial charge in [0.15, 0.2) is 0 Å². The Morgan fingerprint density at radius 1 is 0.821 bits per heavy atom. The Labute approximate surface area is 160 Å². The SMILES string of the molecule is NCC(=O)NCC(=O)N1CCN(C(=O)CNC(=O)CN2C(=O)C=CC2=O)CC1. The molecule has 2 aliphatic rings. The maximum absolute atomic E-state index is 12.2. The Balaban J connectivity index is 1.68. The molecule has 12 nitrogen and oxygen atoms in total. The first-order valence-electron chi connectivity index (χ1n) is 8.64. The number of hydrogen-bond donors (Lipinski definition) is 3. The van der Waals surface area contributed by atoms with Gasteiger partial charge < -0.3 is 26.2 Å². The third-order valence-electron chi connectivity index (χ3n) is 4.25. The van der Waals surface area contributed by atoms with Crippen molar-refractivity contribution in [3.63, 3.8) is 0 Å². The fourth-order valence-corrected chi connectivity index (χ4v) is 2.64. The molecule has 0 saturated carbocycles. The summed E-state index contributed by atoms with van der Waals surface area (Å²) in [5.41, 5.74) is 5.15. The second-order valence-electron chi connectivity index (χ2n) is 6.12. The maximum atomic E-state index is 12.2. The third kappa shape index (κ3) is 5.61. The van der Waals surface area contributed by atoms with Gasteiger partial charge in [-0.05, 0) is 0 Å². The second-order valence-corrected chi connectivity index (χ2v) is 6.12. The van der Waals surface area contributed by atoms with Crippen molar-refractivity contribution in [1.29, 1.82) is 0 Å². The number of carbonyl (C=O) groups is 6. The number of imide groups is 1. The molecule has 0 unspecified atom stereocenters. The highest BCUT2D eigenvalue weighted by Crippen LogP contribution is 2.04. The zero-order valence-electron chi connectivity index (χ0n) is 15.2. The van der Waals surface area contributed by atoms with Crippen molar-refractivity contribution < 1.29 is 28.8 Å². The number of hydrogen-bond acceptors (Lipinski definition) is 7. The number of piperazine rings is 1. The van der Waals surface area contributed by atoms with Crippen LogP contribution in [0.1, 0.15) is 0 Å². The van der Waals surface area contributed by atoms with E-state index in [4.69, 9.17) is 5.73 Å². The van der Waals surface area contributed by atoms with Gasteiger partial charge >= 0.3 is 0 Å². The summed E-state index contributed by atoms with van der Waals surface area (Å²) in [7, 11) is 0. The quantitative estimate of drug-likeness (QED) is 0.368. The van der Waals surface area contributed by atoms with E-state index in [0.29, 0.717) is 13.1 Å². The van der Waals surface area contributed by atoms with Gasteiger partial charge in [-0.15, -0.1) is 0 Å². The van der Waals surface area contributed by atoms with E-state index in [1.807, 2.05) is 0 Å². The molecule has 12 heteroatoms. The van der Waals surface area contributed by atoms with E-state index in [1.54, 1.807) is 0 Å². The highest BCUT2D eigenvalue weighted by Gasteiger charge is 2.27. The maximum Gasteiger partial charge on any atom is 0.254 e. The van der Waals surface area contributed by atoms with Gasteiger partial charge in [0.2, 0.25) is 23.6 Å².